The van der Waals surface area contributed by atoms with E-state index < -0.39 is 5.97 Å². The molecule has 0 aliphatic carbocycles. The number of carboxylic acids is 1. The molecule has 0 bridgehead atoms. The standard InChI is InChI=1S/C11H9BrN2O4/c1-18-10-2-5(9(15)3-6(10)12)7-4-8(11(16)17)14-13-7/h2-4,15H,1H3,(H,13,14)(H,16,17). The average Bonchev–Trinajstić information content (AvgIpc) is 2.78. The molecule has 0 spiro atoms. The molecule has 1 heterocycles. The number of carboxylic acid groups (broad SMARTS) is 1. The third kappa shape index (κ3) is 2.17. The number of aromatic carboxylic acids is 1. The van der Waals surface area contributed by atoms with E-state index in [1.165, 1.54) is 19.2 Å². The first kappa shape index (κ1) is 12.4. The first-order valence-corrected chi connectivity index (χ1v) is 5.67. The summed E-state index contributed by atoms with van der Waals surface area (Å²) in [5, 5.41) is 24.8. The predicted octanol–water partition coefficient (Wildman–Crippen LogP) is 2.25. The van der Waals surface area contributed by atoms with Crippen molar-refractivity contribution in [2.24, 2.45) is 0 Å². The lowest BCUT2D eigenvalue weighted by atomic mass is 10.1. The van der Waals surface area contributed by atoms with Crippen LogP contribution in [-0.4, -0.2) is 33.5 Å². The molecule has 6 nitrogen and oxygen atoms in total. The highest BCUT2D eigenvalue weighted by atomic mass is 79.9. The molecule has 2 aromatic rings. The molecule has 0 saturated heterocycles. The number of aromatic hydroxyl groups is 1. The van der Waals surface area contributed by atoms with Crippen LogP contribution in [0.4, 0.5) is 0 Å². The normalized spacial score (nSPS) is 10.3. The summed E-state index contributed by atoms with van der Waals surface area (Å²) >= 11 is 3.24. The second kappa shape index (κ2) is 4.69. The van der Waals surface area contributed by atoms with E-state index in [1.807, 2.05) is 0 Å². The van der Waals surface area contributed by atoms with Crippen LogP contribution in [0.2, 0.25) is 0 Å². The van der Waals surface area contributed by atoms with Crippen molar-refractivity contribution in [3.63, 3.8) is 0 Å². The van der Waals surface area contributed by atoms with E-state index in [9.17, 15) is 9.90 Å². The highest BCUT2D eigenvalue weighted by Gasteiger charge is 2.15. The largest absolute Gasteiger partial charge is 0.507 e. The maximum atomic E-state index is 10.7. The van der Waals surface area contributed by atoms with Crippen molar-refractivity contribution in [2.75, 3.05) is 7.11 Å². The number of ether oxygens (including phenoxy) is 1. The molecule has 94 valence electrons. The van der Waals surface area contributed by atoms with Crippen molar-refractivity contribution in [3.8, 4) is 22.8 Å². The number of aromatic nitrogens is 2. The number of hydrogen-bond acceptors (Lipinski definition) is 4. The predicted molar refractivity (Wildman–Crippen MR) is 66.9 cm³/mol. The zero-order chi connectivity index (χ0) is 13.3. The molecule has 3 N–H and O–H groups in total. The van der Waals surface area contributed by atoms with Gasteiger partial charge in [-0.1, -0.05) is 0 Å². The molecule has 0 saturated carbocycles. The third-order valence-electron chi connectivity index (χ3n) is 2.35. The number of nitrogens with one attached hydrogen (secondary N) is 1. The van der Waals surface area contributed by atoms with Crippen molar-refractivity contribution in [1.82, 2.24) is 10.2 Å². The van der Waals surface area contributed by atoms with Gasteiger partial charge in [0.25, 0.3) is 0 Å². The molecule has 18 heavy (non-hydrogen) atoms. The number of carbonyl (C=O) groups is 1. The monoisotopic (exact) mass is 312 g/mol. The summed E-state index contributed by atoms with van der Waals surface area (Å²) in [6.07, 6.45) is 0. The number of phenols is 1. The lowest BCUT2D eigenvalue weighted by Gasteiger charge is -2.07. The van der Waals surface area contributed by atoms with E-state index in [2.05, 4.69) is 26.1 Å². The Morgan fingerprint density at radius 2 is 2.17 bits per heavy atom. The van der Waals surface area contributed by atoms with Gasteiger partial charge in [-0.2, -0.15) is 5.10 Å². The summed E-state index contributed by atoms with van der Waals surface area (Å²) in [6, 6.07) is 4.37. The average molecular weight is 313 g/mol. The summed E-state index contributed by atoms with van der Waals surface area (Å²) in [5.41, 5.74) is 0.667. The van der Waals surface area contributed by atoms with Crippen LogP contribution in [0, 0.1) is 0 Å². The lowest BCUT2D eigenvalue weighted by Crippen LogP contribution is -1.95. The number of methoxy groups -OCH3 is 1. The van der Waals surface area contributed by atoms with Gasteiger partial charge in [0, 0.05) is 5.56 Å². The molecular formula is C11H9BrN2O4. The molecule has 1 aromatic heterocycles. The Hall–Kier alpha value is -2.02. The molecule has 7 heteroatoms. The number of phenolic OH excluding ortho intramolecular Hbond substituents is 1. The molecule has 0 amide bonds. The number of aromatic amines is 1. The van der Waals surface area contributed by atoms with Crippen LogP contribution in [0.5, 0.6) is 11.5 Å². The highest BCUT2D eigenvalue weighted by molar-refractivity contribution is 9.10. The summed E-state index contributed by atoms with van der Waals surface area (Å²) in [4.78, 5) is 10.7. The smallest absolute Gasteiger partial charge is 0.353 e. The van der Waals surface area contributed by atoms with Gasteiger partial charge in [-0.25, -0.2) is 4.79 Å². The van der Waals surface area contributed by atoms with Crippen molar-refractivity contribution >= 4 is 21.9 Å². The van der Waals surface area contributed by atoms with Crippen LogP contribution < -0.4 is 4.74 Å². The van der Waals surface area contributed by atoms with Gasteiger partial charge in [0.15, 0.2) is 0 Å². The fraction of sp³-hybridized carbons (Fsp3) is 0.0909. The molecule has 0 atom stereocenters. The Kier molecular flexibility index (Phi) is 3.24. The van der Waals surface area contributed by atoms with Gasteiger partial charge in [0.1, 0.15) is 17.2 Å². The van der Waals surface area contributed by atoms with Crippen LogP contribution in [0.3, 0.4) is 0 Å². The maximum absolute atomic E-state index is 10.7. The minimum absolute atomic E-state index is 0.0221. The fourth-order valence-corrected chi connectivity index (χ4v) is 1.97. The van der Waals surface area contributed by atoms with Gasteiger partial charge < -0.3 is 14.9 Å². The molecular weight excluding hydrogens is 304 g/mol. The van der Waals surface area contributed by atoms with Crippen molar-refractivity contribution in [2.45, 2.75) is 0 Å². The van der Waals surface area contributed by atoms with Gasteiger partial charge in [0.2, 0.25) is 0 Å². The quantitative estimate of drug-likeness (QED) is 0.808. The summed E-state index contributed by atoms with van der Waals surface area (Å²) in [6.45, 7) is 0. The van der Waals surface area contributed by atoms with Gasteiger partial charge in [-0.15, -0.1) is 0 Å². The summed E-state index contributed by atoms with van der Waals surface area (Å²) < 4.78 is 5.70. The molecule has 0 aliphatic heterocycles. The summed E-state index contributed by atoms with van der Waals surface area (Å²) in [5.74, 6) is -0.619. The van der Waals surface area contributed by atoms with Crippen LogP contribution in [-0.2, 0) is 0 Å². The lowest BCUT2D eigenvalue weighted by molar-refractivity contribution is 0.0690. The number of halogens is 1. The Morgan fingerprint density at radius 1 is 1.44 bits per heavy atom. The van der Waals surface area contributed by atoms with Crippen molar-refractivity contribution in [1.29, 1.82) is 0 Å². The second-order valence-electron chi connectivity index (χ2n) is 3.48. The number of H-pyrrole nitrogens is 1. The van der Waals surface area contributed by atoms with E-state index in [1.54, 1.807) is 6.07 Å². The Labute approximate surface area is 110 Å². The van der Waals surface area contributed by atoms with Crippen LogP contribution in [0.1, 0.15) is 10.5 Å². The molecule has 2 rings (SSSR count). The number of hydrogen-bond donors (Lipinski definition) is 3. The molecule has 0 aliphatic rings. The molecule has 0 radical (unpaired) electrons. The molecule has 0 unspecified atom stereocenters. The number of benzene rings is 1. The van der Waals surface area contributed by atoms with Crippen molar-refractivity contribution < 1.29 is 19.7 Å². The van der Waals surface area contributed by atoms with E-state index in [4.69, 9.17) is 9.84 Å². The van der Waals surface area contributed by atoms with Crippen molar-refractivity contribution in [3.05, 3.63) is 28.4 Å². The zero-order valence-corrected chi connectivity index (χ0v) is 10.9. The van der Waals surface area contributed by atoms with Gasteiger partial charge in [-0.3, -0.25) is 5.10 Å². The van der Waals surface area contributed by atoms with Gasteiger partial charge in [-0.05, 0) is 34.1 Å². The first-order chi connectivity index (χ1) is 8.52. The van der Waals surface area contributed by atoms with Crippen LogP contribution in [0.25, 0.3) is 11.3 Å². The van der Waals surface area contributed by atoms with E-state index >= 15 is 0 Å². The molecule has 1 aromatic carbocycles. The maximum Gasteiger partial charge on any atom is 0.353 e. The van der Waals surface area contributed by atoms with E-state index in [0.717, 1.165) is 0 Å². The van der Waals surface area contributed by atoms with Gasteiger partial charge >= 0.3 is 5.97 Å². The Morgan fingerprint density at radius 3 is 2.72 bits per heavy atom. The Bertz CT molecular complexity index is 609. The van der Waals surface area contributed by atoms with E-state index in [0.29, 0.717) is 21.5 Å². The SMILES string of the molecule is COc1cc(-c2cc(C(=O)O)[nH]n2)c(O)cc1Br. The number of rotatable bonds is 3. The summed E-state index contributed by atoms with van der Waals surface area (Å²) in [7, 11) is 1.49. The Balaban J connectivity index is 2.52. The van der Waals surface area contributed by atoms with E-state index in [-0.39, 0.29) is 11.4 Å². The molecule has 0 fully saturated rings. The first-order valence-electron chi connectivity index (χ1n) is 4.88. The van der Waals surface area contributed by atoms with Gasteiger partial charge in [0.05, 0.1) is 17.3 Å². The zero-order valence-electron chi connectivity index (χ0n) is 9.27. The third-order valence-corrected chi connectivity index (χ3v) is 2.97. The van der Waals surface area contributed by atoms with Crippen LogP contribution in [0.15, 0.2) is 22.7 Å². The fourth-order valence-electron chi connectivity index (χ4n) is 1.47. The highest BCUT2D eigenvalue weighted by Crippen LogP contribution is 2.37. The topological polar surface area (TPSA) is 95.4 Å². The van der Waals surface area contributed by atoms with Crippen LogP contribution >= 0.6 is 15.9 Å². The minimum Gasteiger partial charge on any atom is -0.507 e. The number of nitrogens with zero attached hydrogens (tertiary/aromatic N) is 1. The second-order valence-corrected chi connectivity index (χ2v) is 4.33. The minimum atomic E-state index is -1.11.